The summed E-state index contributed by atoms with van der Waals surface area (Å²) in [5.41, 5.74) is 1.94. The first-order valence-corrected chi connectivity index (χ1v) is 8.82. The van der Waals surface area contributed by atoms with E-state index in [2.05, 4.69) is 49.9 Å². The second kappa shape index (κ2) is 5.69. The van der Waals surface area contributed by atoms with Gasteiger partial charge in [0.1, 0.15) is 5.82 Å². The van der Waals surface area contributed by atoms with Crippen molar-refractivity contribution in [3.05, 3.63) is 47.9 Å². The Morgan fingerprint density at radius 1 is 1.37 bits per heavy atom. The summed E-state index contributed by atoms with van der Waals surface area (Å²) in [5, 5.41) is 3.35. The van der Waals surface area contributed by atoms with Crippen LogP contribution in [0.1, 0.15) is 29.3 Å². The first kappa shape index (κ1) is 13.8. The van der Waals surface area contributed by atoms with E-state index in [-0.39, 0.29) is 11.9 Å². The van der Waals surface area contributed by atoms with E-state index in [9.17, 15) is 4.39 Å². The Morgan fingerprint density at radius 2 is 2.21 bits per heavy atom. The van der Waals surface area contributed by atoms with Crippen molar-refractivity contribution in [3.63, 3.8) is 0 Å². The number of thiophene rings is 1. The van der Waals surface area contributed by atoms with Gasteiger partial charge in [-0.25, -0.2) is 4.39 Å². The van der Waals surface area contributed by atoms with Gasteiger partial charge in [0, 0.05) is 9.35 Å². The van der Waals surface area contributed by atoms with Gasteiger partial charge in [-0.3, -0.25) is 0 Å². The molecule has 0 saturated carbocycles. The third-order valence-electron chi connectivity index (χ3n) is 3.34. The average molecular weight is 452 g/mol. The Bertz CT molecular complexity index is 613. The van der Waals surface area contributed by atoms with Crippen LogP contribution in [-0.4, -0.2) is 0 Å². The molecule has 5 heteroatoms. The summed E-state index contributed by atoms with van der Waals surface area (Å²) in [7, 11) is 0. The normalized spacial score (nSPS) is 18.2. The second-order valence-electron chi connectivity index (χ2n) is 4.64. The van der Waals surface area contributed by atoms with Gasteiger partial charge in [-0.1, -0.05) is 15.9 Å². The molecule has 1 aliphatic rings. The molecule has 1 aliphatic carbocycles. The molecule has 1 nitrogen and oxygen atoms in total. The minimum Gasteiger partial charge on any atom is -0.376 e. The number of halogens is 3. The lowest BCUT2D eigenvalue weighted by Gasteiger charge is -2.24. The third kappa shape index (κ3) is 2.97. The second-order valence-corrected chi connectivity index (χ2v) is 8.59. The average Bonchev–Trinajstić information content (AvgIpc) is 2.74. The quantitative estimate of drug-likeness (QED) is 0.573. The van der Waals surface area contributed by atoms with Gasteiger partial charge in [-0.2, -0.15) is 0 Å². The number of anilines is 1. The Balaban J connectivity index is 1.88. The van der Waals surface area contributed by atoms with Gasteiger partial charge in [0.15, 0.2) is 0 Å². The molecule has 0 saturated heterocycles. The van der Waals surface area contributed by atoms with Crippen molar-refractivity contribution < 1.29 is 4.39 Å². The fourth-order valence-electron chi connectivity index (χ4n) is 2.47. The van der Waals surface area contributed by atoms with Crippen LogP contribution in [0.25, 0.3) is 0 Å². The number of fused-ring (bicyclic) bond motifs is 1. The fraction of sp³-hybridized carbons (Fsp3) is 0.286. The van der Waals surface area contributed by atoms with Crippen molar-refractivity contribution in [3.8, 4) is 0 Å². The van der Waals surface area contributed by atoms with Crippen LogP contribution in [0.3, 0.4) is 0 Å². The van der Waals surface area contributed by atoms with Gasteiger partial charge in [-0.15, -0.1) is 11.3 Å². The summed E-state index contributed by atoms with van der Waals surface area (Å²) in [4.78, 5) is 1.45. The molecule has 0 bridgehead atoms. The lowest BCUT2D eigenvalue weighted by Crippen LogP contribution is -2.16. The Morgan fingerprint density at radius 3 is 3.00 bits per heavy atom. The maximum Gasteiger partial charge on any atom is 0.147 e. The van der Waals surface area contributed by atoms with Gasteiger partial charge in [0.25, 0.3) is 0 Å². The SMILES string of the molecule is Fc1cc(Br)ccc1NC1CCCc2sc(I)cc21. The minimum absolute atomic E-state index is 0.202. The van der Waals surface area contributed by atoms with Crippen LogP contribution < -0.4 is 5.32 Å². The molecule has 0 radical (unpaired) electrons. The molecule has 0 fully saturated rings. The largest absolute Gasteiger partial charge is 0.376 e. The van der Waals surface area contributed by atoms with Crippen LogP contribution in [0.5, 0.6) is 0 Å². The maximum absolute atomic E-state index is 13.9. The molecule has 100 valence electrons. The summed E-state index contributed by atoms with van der Waals surface area (Å²) < 4.78 is 16.0. The summed E-state index contributed by atoms with van der Waals surface area (Å²) in [5.74, 6) is -0.202. The van der Waals surface area contributed by atoms with Gasteiger partial charge in [0.2, 0.25) is 0 Å². The van der Waals surface area contributed by atoms with Crippen molar-refractivity contribution in [2.45, 2.75) is 25.3 Å². The smallest absolute Gasteiger partial charge is 0.147 e. The zero-order valence-electron chi connectivity index (χ0n) is 10.1. The molecule has 3 rings (SSSR count). The van der Waals surface area contributed by atoms with E-state index >= 15 is 0 Å². The van der Waals surface area contributed by atoms with Crippen LogP contribution in [-0.2, 0) is 6.42 Å². The highest BCUT2D eigenvalue weighted by Gasteiger charge is 2.23. The third-order valence-corrected chi connectivity index (χ3v) is 5.81. The molecular weight excluding hydrogens is 440 g/mol. The lowest BCUT2D eigenvalue weighted by molar-refractivity contribution is 0.592. The summed E-state index contributed by atoms with van der Waals surface area (Å²) in [6, 6.07) is 7.63. The van der Waals surface area contributed by atoms with E-state index in [1.165, 1.54) is 25.8 Å². The molecule has 0 amide bonds. The predicted octanol–water partition coefficient (Wildman–Crippen LogP) is 5.74. The number of rotatable bonds is 2. The Kier molecular flexibility index (Phi) is 4.14. The van der Waals surface area contributed by atoms with Gasteiger partial charge in [0.05, 0.1) is 14.6 Å². The summed E-state index contributed by atoms with van der Waals surface area (Å²) in [6.45, 7) is 0. The number of hydrogen-bond acceptors (Lipinski definition) is 2. The van der Waals surface area contributed by atoms with Crippen molar-refractivity contribution in [2.75, 3.05) is 5.32 Å². The molecule has 1 aromatic carbocycles. The minimum atomic E-state index is -0.202. The molecule has 1 atom stereocenters. The molecule has 2 aromatic rings. The van der Waals surface area contributed by atoms with Gasteiger partial charge >= 0.3 is 0 Å². The first-order chi connectivity index (χ1) is 9.13. The van der Waals surface area contributed by atoms with E-state index in [1.807, 2.05) is 17.4 Å². The van der Waals surface area contributed by atoms with Crippen molar-refractivity contribution in [2.24, 2.45) is 0 Å². The molecular formula is C14H12BrFINS. The lowest BCUT2D eigenvalue weighted by atomic mass is 9.94. The monoisotopic (exact) mass is 451 g/mol. The highest BCUT2D eigenvalue weighted by Crippen LogP contribution is 2.38. The van der Waals surface area contributed by atoms with Crippen LogP contribution in [0.15, 0.2) is 28.7 Å². The van der Waals surface area contributed by atoms with Crippen LogP contribution in [0, 0.1) is 8.70 Å². The van der Waals surface area contributed by atoms with Crippen LogP contribution in [0.4, 0.5) is 10.1 Å². The molecule has 0 aliphatic heterocycles. The van der Waals surface area contributed by atoms with Crippen LogP contribution >= 0.6 is 49.9 Å². The Hall–Kier alpha value is -0.140. The van der Waals surface area contributed by atoms with Gasteiger partial charge < -0.3 is 5.32 Å². The topological polar surface area (TPSA) is 12.0 Å². The van der Waals surface area contributed by atoms with E-state index in [4.69, 9.17) is 0 Å². The number of nitrogens with one attached hydrogen (secondary N) is 1. The van der Waals surface area contributed by atoms with E-state index in [0.29, 0.717) is 5.69 Å². The van der Waals surface area contributed by atoms with E-state index in [0.717, 1.165) is 17.3 Å². The molecule has 1 heterocycles. The highest BCUT2D eigenvalue weighted by atomic mass is 127. The number of benzene rings is 1. The molecule has 1 unspecified atom stereocenters. The molecule has 0 spiro atoms. The summed E-state index contributed by atoms with van der Waals surface area (Å²) >= 11 is 7.50. The molecule has 19 heavy (non-hydrogen) atoms. The zero-order chi connectivity index (χ0) is 13.4. The number of aryl methyl sites for hydroxylation is 1. The first-order valence-electron chi connectivity index (χ1n) is 6.13. The van der Waals surface area contributed by atoms with Crippen molar-refractivity contribution in [1.82, 2.24) is 0 Å². The zero-order valence-corrected chi connectivity index (χ0v) is 14.6. The maximum atomic E-state index is 13.9. The predicted molar refractivity (Wildman–Crippen MR) is 90.4 cm³/mol. The van der Waals surface area contributed by atoms with Gasteiger partial charge in [-0.05, 0) is 71.7 Å². The standard InChI is InChI=1S/C14H12BrFINS/c15-8-4-5-12(10(16)6-8)18-11-2-1-3-13-9(11)7-14(17)19-13/h4-7,11,18H,1-3H2. The molecule has 1 N–H and O–H groups in total. The molecule has 1 aromatic heterocycles. The highest BCUT2D eigenvalue weighted by molar-refractivity contribution is 14.1. The summed E-state index contributed by atoms with van der Waals surface area (Å²) in [6.07, 6.45) is 3.39. The van der Waals surface area contributed by atoms with E-state index < -0.39 is 0 Å². The van der Waals surface area contributed by atoms with Crippen molar-refractivity contribution >= 4 is 55.5 Å². The fourth-order valence-corrected chi connectivity index (χ4v) is 4.92. The van der Waals surface area contributed by atoms with Crippen molar-refractivity contribution in [1.29, 1.82) is 0 Å². The number of hydrogen-bond donors (Lipinski definition) is 1. The van der Waals surface area contributed by atoms with Crippen LogP contribution in [0.2, 0.25) is 0 Å². The Labute approximate surface area is 137 Å². The van der Waals surface area contributed by atoms with E-state index in [1.54, 1.807) is 6.07 Å².